The highest BCUT2D eigenvalue weighted by Crippen LogP contribution is 2.54. The summed E-state index contributed by atoms with van der Waals surface area (Å²) in [5.41, 5.74) is 7.48. The Kier molecular flexibility index (Phi) is 9.89. The fourth-order valence-electron chi connectivity index (χ4n) is 9.12. The van der Waals surface area contributed by atoms with Crippen LogP contribution in [0.25, 0.3) is 54.6 Å². The summed E-state index contributed by atoms with van der Waals surface area (Å²) in [6.07, 6.45) is 17.1. The van der Waals surface area contributed by atoms with E-state index < -0.39 is 7.12 Å². The van der Waals surface area contributed by atoms with E-state index in [1.807, 2.05) is 0 Å². The Morgan fingerprint density at radius 2 is 1.02 bits per heavy atom. The molecule has 0 saturated carbocycles. The molecule has 0 amide bonds. The van der Waals surface area contributed by atoms with Gasteiger partial charge in [-0.3, -0.25) is 0 Å². The van der Waals surface area contributed by atoms with Crippen LogP contribution in [0.15, 0.2) is 91.0 Å². The number of fused-ring (bicyclic) bond motifs is 3. The normalized spacial score (nSPS) is 13.5. The molecular formula is C45H51BO2. The van der Waals surface area contributed by atoms with Gasteiger partial charge in [-0.1, -0.05) is 170 Å². The highest BCUT2D eigenvalue weighted by atomic mass is 16.4. The van der Waals surface area contributed by atoms with Gasteiger partial charge in [-0.2, -0.15) is 0 Å². The van der Waals surface area contributed by atoms with Gasteiger partial charge in [0.2, 0.25) is 0 Å². The van der Waals surface area contributed by atoms with Crippen molar-refractivity contribution in [2.75, 3.05) is 0 Å². The van der Waals surface area contributed by atoms with Crippen LogP contribution in [-0.2, 0) is 5.41 Å². The van der Waals surface area contributed by atoms with Gasteiger partial charge in [0, 0.05) is 5.41 Å². The summed E-state index contributed by atoms with van der Waals surface area (Å²) in [5, 5.41) is 30.3. The molecule has 246 valence electrons. The van der Waals surface area contributed by atoms with Crippen molar-refractivity contribution in [3.63, 3.8) is 0 Å². The monoisotopic (exact) mass is 634 g/mol. The molecule has 0 saturated heterocycles. The largest absolute Gasteiger partial charge is 0.489 e. The van der Waals surface area contributed by atoms with E-state index in [0.717, 1.165) is 36.8 Å². The summed E-state index contributed by atoms with van der Waals surface area (Å²) >= 11 is 0. The van der Waals surface area contributed by atoms with Crippen molar-refractivity contribution in [2.45, 2.75) is 109 Å². The van der Waals surface area contributed by atoms with Crippen molar-refractivity contribution in [1.29, 1.82) is 0 Å². The molecule has 0 atom stereocenters. The van der Waals surface area contributed by atoms with Crippen LogP contribution in [0.4, 0.5) is 0 Å². The Hall–Kier alpha value is -3.66. The van der Waals surface area contributed by atoms with Gasteiger partial charge >= 0.3 is 7.12 Å². The number of benzene rings is 6. The van der Waals surface area contributed by atoms with Crippen LogP contribution in [0.2, 0.25) is 0 Å². The Bertz CT molecular complexity index is 1930. The van der Waals surface area contributed by atoms with Crippen LogP contribution >= 0.6 is 0 Å². The average Bonchev–Trinajstić information content (AvgIpc) is 3.39. The van der Waals surface area contributed by atoms with Crippen molar-refractivity contribution < 1.29 is 10.0 Å². The highest BCUT2D eigenvalue weighted by Gasteiger charge is 2.46. The lowest BCUT2D eigenvalue weighted by atomic mass is 9.62. The molecule has 3 heteroatoms. The fraction of sp³-hybridized carbons (Fsp3) is 0.378. The molecule has 7 rings (SSSR count). The topological polar surface area (TPSA) is 40.5 Å². The van der Waals surface area contributed by atoms with Crippen LogP contribution in [0.5, 0.6) is 0 Å². The molecule has 48 heavy (non-hydrogen) atoms. The highest BCUT2D eigenvalue weighted by molar-refractivity contribution is 6.61. The Labute approximate surface area is 287 Å². The van der Waals surface area contributed by atoms with Crippen molar-refractivity contribution in [2.24, 2.45) is 0 Å². The number of hydrogen-bond donors (Lipinski definition) is 2. The molecule has 0 unspecified atom stereocenters. The van der Waals surface area contributed by atoms with E-state index in [1.54, 1.807) is 0 Å². The lowest BCUT2D eigenvalue weighted by Gasteiger charge is -2.35. The quantitative estimate of drug-likeness (QED) is 0.0632. The van der Waals surface area contributed by atoms with Crippen LogP contribution in [0.3, 0.4) is 0 Å². The van der Waals surface area contributed by atoms with E-state index in [1.165, 1.54) is 119 Å². The third-order valence-electron chi connectivity index (χ3n) is 11.4. The summed E-state index contributed by atoms with van der Waals surface area (Å²) in [4.78, 5) is 0. The van der Waals surface area contributed by atoms with Crippen LogP contribution < -0.4 is 5.46 Å². The second-order valence-electron chi connectivity index (χ2n) is 14.5. The zero-order valence-electron chi connectivity index (χ0n) is 29.0. The molecule has 0 aromatic heterocycles. The second kappa shape index (κ2) is 14.4. The maximum absolute atomic E-state index is 11.4. The summed E-state index contributed by atoms with van der Waals surface area (Å²) in [6, 6.07) is 33.3. The Morgan fingerprint density at radius 3 is 1.62 bits per heavy atom. The molecule has 2 nitrogen and oxygen atoms in total. The molecule has 0 aliphatic heterocycles. The van der Waals surface area contributed by atoms with E-state index in [9.17, 15) is 10.0 Å². The third-order valence-corrected chi connectivity index (χ3v) is 11.4. The predicted molar refractivity (Wildman–Crippen MR) is 208 cm³/mol. The van der Waals surface area contributed by atoms with Crippen molar-refractivity contribution in [3.8, 4) is 22.3 Å². The van der Waals surface area contributed by atoms with Crippen LogP contribution in [-0.4, -0.2) is 17.2 Å². The molecule has 1 aliphatic carbocycles. The predicted octanol–water partition coefficient (Wildman–Crippen LogP) is 11.7. The van der Waals surface area contributed by atoms with Gasteiger partial charge in [0.15, 0.2) is 0 Å². The minimum Gasteiger partial charge on any atom is -0.423 e. The first-order valence-electron chi connectivity index (χ1n) is 18.9. The van der Waals surface area contributed by atoms with Gasteiger partial charge in [-0.05, 0) is 96.1 Å². The molecule has 0 heterocycles. The number of rotatable bonds is 16. The van der Waals surface area contributed by atoms with E-state index in [0.29, 0.717) is 5.46 Å². The minimum atomic E-state index is -1.57. The van der Waals surface area contributed by atoms with E-state index in [-0.39, 0.29) is 5.41 Å². The van der Waals surface area contributed by atoms with E-state index >= 15 is 0 Å². The van der Waals surface area contributed by atoms with Crippen LogP contribution in [0.1, 0.15) is 115 Å². The van der Waals surface area contributed by atoms with Crippen molar-refractivity contribution in [1.82, 2.24) is 0 Å². The molecule has 0 spiro atoms. The first kappa shape index (κ1) is 32.9. The molecule has 0 bridgehead atoms. The zero-order valence-corrected chi connectivity index (χ0v) is 29.0. The summed E-state index contributed by atoms with van der Waals surface area (Å²) in [5.74, 6) is 0. The minimum absolute atomic E-state index is 0.230. The summed E-state index contributed by atoms with van der Waals surface area (Å²) in [7, 11) is -1.57. The first-order valence-corrected chi connectivity index (χ1v) is 18.9. The van der Waals surface area contributed by atoms with E-state index in [2.05, 4.69) is 105 Å². The Morgan fingerprint density at radius 1 is 0.500 bits per heavy atom. The zero-order chi connectivity index (χ0) is 33.1. The van der Waals surface area contributed by atoms with Gasteiger partial charge in [-0.15, -0.1) is 0 Å². The molecule has 6 aromatic rings. The van der Waals surface area contributed by atoms with Gasteiger partial charge < -0.3 is 10.0 Å². The lowest BCUT2D eigenvalue weighted by molar-refractivity contribution is 0.394. The SMILES string of the molecule is CCCCCCCCC1(CCCCCCCC)c2ccccc2-c2ccc(-c3cc4ccc5cccc6ccc(c3)c4c56)c(B(O)O)c21. The smallest absolute Gasteiger partial charge is 0.423 e. The maximum Gasteiger partial charge on any atom is 0.489 e. The molecule has 6 aromatic carbocycles. The van der Waals surface area contributed by atoms with Crippen LogP contribution in [0, 0.1) is 0 Å². The van der Waals surface area contributed by atoms with Gasteiger partial charge in [0.25, 0.3) is 0 Å². The molecule has 0 radical (unpaired) electrons. The lowest BCUT2D eigenvalue weighted by Crippen LogP contribution is -2.41. The first-order chi connectivity index (χ1) is 23.6. The number of hydrogen-bond acceptors (Lipinski definition) is 2. The second-order valence-corrected chi connectivity index (χ2v) is 14.5. The third kappa shape index (κ3) is 5.94. The molecule has 2 N–H and O–H groups in total. The average molecular weight is 635 g/mol. The molecule has 1 aliphatic rings. The van der Waals surface area contributed by atoms with Gasteiger partial charge in [0.05, 0.1) is 0 Å². The van der Waals surface area contributed by atoms with Crippen molar-refractivity contribution >= 4 is 44.9 Å². The summed E-state index contributed by atoms with van der Waals surface area (Å²) in [6.45, 7) is 4.56. The van der Waals surface area contributed by atoms with Gasteiger partial charge in [-0.25, -0.2) is 0 Å². The van der Waals surface area contributed by atoms with Crippen molar-refractivity contribution in [3.05, 3.63) is 102 Å². The molecule has 0 fully saturated rings. The molecular weight excluding hydrogens is 583 g/mol. The summed E-state index contributed by atoms with van der Waals surface area (Å²) < 4.78 is 0. The van der Waals surface area contributed by atoms with Gasteiger partial charge in [0.1, 0.15) is 0 Å². The van der Waals surface area contributed by atoms with E-state index in [4.69, 9.17) is 0 Å². The Balaban J connectivity index is 1.37. The fourth-order valence-corrected chi connectivity index (χ4v) is 9.12. The number of unbranched alkanes of at least 4 members (excludes halogenated alkanes) is 10. The standard InChI is InChI=1S/C45H51BO2/c1-3-5-7-9-11-15-28-45(29-16-12-10-8-6-4-2)40-21-14-13-20-38(40)39-27-26-37(44(43(39)45)46(47)48)36-30-34-24-22-32-18-17-19-33-23-25-35(31-36)42(34)41(32)33/h13-14,17-27,30-31,47-48H,3-12,15-16,28-29H2,1-2H3. The maximum atomic E-state index is 11.4.